The normalized spacial score (nSPS) is 12.2. The standard InChI is InChI=1S/C18H22N6/c1-4-9-23-11-17(15(3)22-23)10-20-14(2)16-5-7-18(8-6-16)24-13-19-12-21-24/h4-8,11-14,20H,1,9-10H2,2-3H3. The Morgan fingerprint density at radius 3 is 2.75 bits per heavy atom. The molecule has 124 valence electrons. The summed E-state index contributed by atoms with van der Waals surface area (Å²) in [5.74, 6) is 0. The third-order valence-electron chi connectivity index (χ3n) is 4.04. The van der Waals surface area contributed by atoms with Crippen molar-refractivity contribution in [3.63, 3.8) is 0 Å². The Morgan fingerprint density at radius 2 is 2.08 bits per heavy atom. The zero-order chi connectivity index (χ0) is 16.9. The molecule has 3 aromatic rings. The summed E-state index contributed by atoms with van der Waals surface area (Å²) in [5, 5.41) is 12.2. The molecular formula is C18H22N6. The summed E-state index contributed by atoms with van der Waals surface area (Å²) in [6.45, 7) is 9.47. The van der Waals surface area contributed by atoms with Gasteiger partial charge in [-0.15, -0.1) is 6.58 Å². The van der Waals surface area contributed by atoms with Gasteiger partial charge in [-0.3, -0.25) is 4.68 Å². The SMILES string of the molecule is C=CCn1cc(CNC(C)c2ccc(-n3cncn3)cc2)c(C)n1. The fourth-order valence-electron chi connectivity index (χ4n) is 2.60. The van der Waals surface area contributed by atoms with Crippen LogP contribution in [-0.4, -0.2) is 24.5 Å². The highest BCUT2D eigenvalue weighted by molar-refractivity contribution is 5.34. The average Bonchev–Trinajstić information content (AvgIpc) is 3.23. The van der Waals surface area contributed by atoms with Gasteiger partial charge in [-0.05, 0) is 31.5 Å². The molecule has 6 heteroatoms. The van der Waals surface area contributed by atoms with E-state index in [2.05, 4.69) is 64.5 Å². The molecule has 3 rings (SSSR count). The first kappa shape index (κ1) is 16.1. The van der Waals surface area contributed by atoms with E-state index in [0.29, 0.717) is 0 Å². The van der Waals surface area contributed by atoms with Crippen LogP contribution < -0.4 is 5.32 Å². The van der Waals surface area contributed by atoms with Gasteiger partial charge in [-0.2, -0.15) is 10.2 Å². The van der Waals surface area contributed by atoms with Crippen molar-refractivity contribution in [2.45, 2.75) is 33.0 Å². The predicted molar refractivity (Wildman–Crippen MR) is 93.8 cm³/mol. The van der Waals surface area contributed by atoms with Gasteiger partial charge in [0.15, 0.2) is 0 Å². The van der Waals surface area contributed by atoms with Crippen LogP contribution in [0.2, 0.25) is 0 Å². The van der Waals surface area contributed by atoms with Crippen LogP contribution in [0.4, 0.5) is 0 Å². The van der Waals surface area contributed by atoms with Gasteiger partial charge in [0.25, 0.3) is 0 Å². The lowest BCUT2D eigenvalue weighted by Crippen LogP contribution is -2.18. The minimum Gasteiger partial charge on any atom is -0.306 e. The van der Waals surface area contributed by atoms with Crippen LogP contribution in [-0.2, 0) is 13.1 Å². The lowest BCUT2D eigenvalue weighted by atomic mass is 10.1. The van der Waals surface area contributed by atoms with E-state index in [4.69, 9.17) is 0 Å². The smallest absolute Gasteiger partial charge is 0.138 e. The Bertz CT molecular complexity index is 786. The van der Waals surface area contributed by atoms with Crippen LogP contribution in [0.5, 0.6) is 0 Å². The quantitative estimate of drug-likeness (QED) is 0.680. The minimum atomic E-state index is 0.247. The average molecular weight is 322 g/mol. The number of rotatable bonds is 7. The molecule has 0 saturated heterocycles. The molecule has 1 atom stereocenters. The van der Waals surface area contributed by atoms with Crippen LogP contribution in [0.3, 0.4) is 0 Å². The summed E-state index contributed by atoms with van der Waals surface area (Å²) in [5.41, 5.74) is 4.50. The van der Waals surface area contributed by atoms with Crippen molar-refractivity contribution in [2.75, 3.05) is 0 Å². The van der Waals surface area contributed by atoms with Crippen LogP contribution in [0.25, 0.3) is 5.69 Å². The topological polar surface area (TPSA) is 60.6 Å². The molecule has 1 aromatic carbocycles. The highest BCUT2D eigenvalue weighted by Crippen LogP contribution is 2.16. The molecule has 0 aliphatic rings. The lowest BCUT2D eigenvalue weighted by Gasteiger charge is -2.14. The van der Waals surface area contributed by atoms with Crippen molar-refractivity contribution in [1.82, 2.24) is 29.9 Å². The second-order valence-electron chi connectivity index (χ2n) is 5.78. The fraction of sp³-hybridized carbons (Fsp3) is 0.278. The van der Waals surface area contributed by atoms with Crippen LogP contribution in [0.1, 0.15) is 29.8 Å². The molecule has 2 aromatic heterocycles. The van der Waals surface area contributed by atoms with Crippen molar-refractivity contribution in [1.29, 1.82) is 0 Å². The summed E-state index contributed by atoms with van der Waals surface area (Å²) in [4.78, 5) is 3.97. The minimum absolute atomic E-state index is 0.247. The van der Waals surface area contributed by atoms with E-state index in [-0.39, 0.29) is 6.04 Å². The zero-order valence-corrected chi connectivity index (χ0v) is 14.1. The van der Waals surface area contributed by atoms with Crippen molar-refractivity contribution in [2.24, 2.45) is 0 Å². The zero-order valence-electron chi connectivity index (χ0n) is 14.1. The molecule has 1 unspecified atom stereocenters. The molecule has 0 saturated carbocycles. The second kappa shape index (κ2) is 7.23. The largest absolute Gasteiger partial charge is 0.306 e. The third-order valence-corrected chi connectivity index (χ3v) is 4.04. The van der Waals surface area contributed by atoms with E-state index in [1.165, 1.54) is 17.5 Å². The number of nitrogens with zero attached hydrogens (tertiary/aromatic N) is 5. The molecule has 2 heterocycles. The molecule has 0 bridgehead atoms. The molecule has 0 spiro atoms. The van der Waals surface area contributed by atoms with Gasteiger partial charge in [-0.25, -0.2) is 9.67 Å². The van der Waals surface area contributed by atoms with E-state index in [0.717, 1.165) is 24.5 Å². The van der Waals surface area contributed by atoms with Gasteiger partial charge in [0, 0.05) is 24.3 Å². The highest BCUT2D eigenvalue weighted by Gasteiger charge is 2.09. The Kier molecular flexibility index (Phi) is 4.86. The molecule has 0 radical (unpaired) electrons. The van der Waals surface area contributed by atoms with Crippen molar-refractivity contribution in [3.8, 4) is 5.69 Å². The maximum Gasteiger partial charge on any atom is 0.138 e. The van der Waals surface area contributed by atoms with E-state index in [9.17, 15) is 0 Å². The fourth-order valence-corrected chi connectivity index (χ4v) is 2.60. The first-order valence-corrected chi connectivity index (χ1v) is 7.99. The first-order chi connectivity index (χ1) is 11.7. The third kappa shape index (κ3) is 3.60. The number of benzene rings is 1. The molecule has 0 fully saturated rings. The first-order valence-electron chi connectivity index (χ1n) is 7.99. The Morgan fingerprint density at radius 1 is 1.29 bits per heavy atom. The van der Waals surface area contributed by atoms with E-state index >= 15 is 0 Å². The number of allylic oxidation sites excluding steroid dienone is 1. The number of hydrogen-bond acceptors (Lipinski definition) is 4. The van der Waals surface area contributed by atoms with Gasteiger partial charge >= 0.3 is 0 Å². The molecule has 0 aliphatic heterocycles. The molecule has 0 amide bonds. The van der Waals surface area contributed by atoms with E-state index < -0.39 is 0 Å². The van der Waals surface area contributed by atoms with Crippen LogP contribution in [0, 0.1) is 6.92 Å². The van der Waals surface area contributed by atoms with Crippen molar-refractivity contribution >= 4 is 0 Å². The Labute approximate surface area is 141 Å². The maximum absolute atomic E-state index is 4.48. The monoisotopic (exact) mass is 322 g/mol. The van der Waals surface area contributed by atoms with Crippen LogP contribution >= 0.6 is 0 Å². The summed E-state index contributed by atoms with van der Waals surface area (Å²) >= 11 is 0. The second-order valence-corrected chi connectivity index (χ2v) is 5.78. The van der Waals surface area contributed by atoms with E-state index in [1.807, 2.05) is 17.7 Å². The van der Waals surface area contributed by atoms with Gasteiger partial charge in [-0.1, -0.05) is 18.2 Å². The van der Waals surface area contributed by atoms with Crippen molar-refractivity contribution in [3.05, 3.63) is 72.6 Å². The molecule has 0 aliphatic carbocycles. The number of hydrogen-bond donors (Lipinski definition) is 1. The Hall–Kier alpha value is -2.73. The van der Waals surface area contributed by atoms with Crippen molar-refractivity contribution < 1.29 is 0 Å². The highest BCUT2D eigenvalue weighted by atomic mass is 15.3. The number of aryl methyl sites for hydroxylation is 1. The lowest BCUT2D eigenvalue weighted by molar-refractivity contribution is 0.573. The molecule has 24 heavy (non-hydrogen) atoms. The van der Waals surface area contributed by atoms with Gasteiger partial charge in [0.1, 0.15) is 12.7 Å². The molecular weight excluding hydrogens is 300 g/mol. The Balaban J connectivity index is 1.62. The summed E-state index contributed by atoms with van der Waals surface area (Å²) in [6, 6.07) is 8.58. The van der Waals surface area contributed by atoms with E-state index in [1.54, 1.807) is 11.0 Å². The predicted octanol–water partition coefficient (Wildman–Crippen LogP) is 2.81. The van der Waals surface area contributed by atoms with Gasteiger partial charge in [0.05, 0.1) is 17.9 Å². The van der Waals surface area contributed by atoms with Crippen LogP contribution in [0.15, 0.2) is 55.8 Å². The summed E-state index contributed by atoms with van der Waals surface area (Å²) in [7, 11) is 0. The van der Waals surface area contributed by atoms with Gasteiger partial charge in [0.2, 0.25) is 0 Å². The molecule has 1 N–H and O–H groups in total. The molecule has 6 nitrogen and oxygen atoms in total. The van der Waals surface area contributed by atoms with Gasteiger partial charge < -0.3 is 5.32 Å². The summed E-state index contributed by atoms with van der Waals surface area (Å²) < 4.78 is 3.66. The number of aromatic nitrogens is 5. The summed E-state index contributed by atoms with van der Waals surface area (Å²) in [6.07, 6.45) is 7.15. The maximum atomic E-state index is 4.48. The number of nitrogens with one attached hydrogen (secondary N) is 1.